The van der Waals surface area contributed by atoms with Crippen molar-refractivity contribution in [2.75, 3.05) is 16.2 Å². The van der Waals surface area contributed by atoms with E-state index in [9.17, 15) is 26.4 Å². The van der Waals surface area contributed by atoms with E-state index in [-0.39, 0.29) is 10.6 Å². The van der Waals surface area contributed by atoms with E-state index in [1.54, 1.807) is 31.2 Å². The minimum absolute atomic E-state index is 0.166. The lowest BCUT2D eigenvalue weighted by molar-refractivity contribution is -0.137. The van der Waals surface area contributed by atoms with Gasteiger partial charge in [0.1, 0.15) is 6.54 Å². The average Bonchev–Trinajstić information content (AvgIpc) is 2.71. The number of nitrogens with zero attached hydrogens (tertiary/aromatic N) is 1. The first-order valence-electron chi connectivity index (χ1n) is 10.1. The topological polar surface area (TPSA) is 66.5 Å². The molecule has 0 atom stereocenters. The van der Waals surface area contributed by atoms with Crippen molar-refractivity contribution in [3.05, 3.63) is 87.9 Å². The first-order valence-corrected chi connectivity index (χ1v) is 11.9. The van der Waals surface area contributed by atoms with Crippen LogP contribution in [0.2, 0.25) is 5.02 Å². The van der Waals surface area contributed by atoms with Gasteiger partial charge in [-0.25, -0.2) is 8.42 Å². The second-order valence-corrected chi connectivity index (χ2v) is 10.2. The van der Waals surface area contributed by atoms with Gasteiger partial charge in [0, 0.05) is 5.69 Å². The summed E-state index contributed by atoms with van der Waals surface area (Å²) >= 11 is 5.71. The molecular weight excluding hydrogens is 489 g/mol. The number of alkyl halides is 3. The standard InChI is InChI=1S/C24H22ClF3N2O3S/c1-15-4-7-20(8-5-15)34(32,33)30(19-6-9-22(25)21(13-19)24(26,27)28)14-23(31)29-18-11-16(2)10-17(3)12-18/h4-13H,14H2,1-3H3,(H,29,31). The Bertz CT molecular complexity index is 1300. The van der Waals surface area contributed by atoms with E-state index in [0.29, 0.717) is 16.1 Å². The molecule has 0 saturated carbocycles. The smallest absolute Gasteiger partial charge is 0.324 e. The number of sulfonamides is 1. The first kappa shape index (κ1) is 25.6. The maximum Gasteiger partial charge on any atom is 0.417 e. The highest BCUT2D eigenvalue weighted by Gasteiger charge is 2.35. The Morgan fingerprint density at radius 2 is 1.50 bits per heavy atom. The molecule has 0 saturated heterocycles. The number of hydrogen-bond acceptors (Lipinski definition) is 3. The summed E-state index contributed by atoms with van der Waals surface area (Å²) in [4.78, 5) is 12.7. The van der Waals surface area contributed by atoms with Crippen LogP contribution in [-0.4, -0.2) is 20.9 Å². The average molecular weight is 511 g/mol. The molecule has 0 radical (unpaired) electrons. The zero-order chi connectivity index (χ0) is 25.3. The Morgan fingerprint density at radius 1 is 0.912 bits per heavy atom. The summed E-state index contributed by atoms with van der Waals surface area (Å²) < 4.78 is 67.8. The Morgan fingerprint density at radius 3 is 2.06 bits per heavy atom. The molecule has 180 valence electrons. The van der Waals surface area contributed by atoms with E-state index in [1.807, 2.05) is 19.9 Å². The number of amides is 1. The number of nitrogens with one attached hydrogen (secondary N) is 1. The number of carbonyl (C=O) groups excluding carboxylic acids is 1. The fourth-order valence-electron chi connectivity index (χ4n) is 3.42. The maximum absolute atomic E-state index is 13.5. The third-order valence-corrected chi connectivity index (χ3v) is 7.06. The molecule has 0 aliphatic rings. The Hall–Kier alpha value is -3.04. The van der Waals surface area contributed by atoms with Crippen molar-refractivity contribution in [2.24, 2.45) is 0 Å². The first-order chi connectivity index (χ1) is 15.8. The highest BCUT2D eigenvalue weighted by Crippen LogP contribution is 2.38. The minimum Gasteiger partial charge on any atom is -0.324 e. The summed E-state index contributed by atoms with van der Waals surface area (Å²) in [6.45, 7) is 4.69. The molecule has 0 aliphatic carbocycles. The largest absolute Gasteiger partial charge is 0.417 e. The highest BCUT2D eigenvalue weighted by atomic mass is 35.5. The molecule has 3 aromatic rings. The summed E-state index contributed by atoms with van der Waals surface area (Å²) in [6.07, 6.45) is -4.81. The van der Waals surface area contributed by atoms with Gasteiger partial charge in [-0.3, -0.25) is 9.10 Å². The fraction of sp³-hybridized carbons (Fsp3) is 0.208. The lowest BCUT2D eigenvalue weighted by Gasteiger charge is -2.25. The maximum atomic E-state index is 13.5. The molecule has 34 heavy (non-hydrogen) atoms. The Labute approximate surface area is 201 Å². The van der Waals surface area contributed by atoms with E-state index in [1.165, 1.54) is 12.1 Å². The van der Waals surface area contributed by atoms with Crippen molar-refractivity contribution < 1.29 is 26.4 Å². The van der Waals surface area contributed by atoms with Crippen LogP contribution >= 0.6 is 11.6 Å². The monoisotopic (exact) mass is 510 g/mol. The van der Waals surface area contributed by atoms with E-state index < -0.39 is 39.2 Å². The number of aryl methyl sites for hydroxylation is 3. The van der Waals surface area contributed by atoms with Gasteiger partial charge in [-0.1, -0.05) is 35.4 Å². The van der Waals surface area contributed by atoms with Gasteiger partial charge in [0.25, 0.3) is 10.0 Å². The van der Waals surface area contributed by atoms with Crippen LogP contribution in [0.15, 0.2) is 65.6 Å². The van der Waals surface area contributed by atoms with Crippen molar-refractivity contribution in [2.45, 2.75) is 31.8 Å². The zero-order valence-electron chi connectivity index (χ0n) is 18.6. The molecule has 1 N–H and O–H groups in total. The molecular formula is C24H22ClF3N2O3S. The minimum atomic E-state index is -4.81. The molecule has 0 unspecified atom stereocenters. The molecule has 0 bridgehead atoms. The van der Waals surface area contributed by atoms with Gasteiger partial charge in [-0.05, 0) is 74.4 Å². The van der Waals surface area contributed by atoms with Crippen LogP contribution in [0.5, 0.6) is 0 Å². The molecule has 0 spiro atoms. The lowest BCUT2D eigenvalue weighted by Crippen LogP contribution is -2.38. The van der Waals surface area contributed by atoms with Gasteiger partial charge < -0.3 is 5.32 Å². The summed E-state index contributed by atoms with van der Waals surface area (Å²) in [5, 5.41) is 2.04. The van der Waals surface area contributed by atoms with E-state index in [2.05, 4.69) is 5.32 Å². The highest BCUT2D eigenvalue weighted by molar-refractivity contribution is 7.92. The van der Waals surface area contributed by atoms with Crippen molar-refractivity contribution in [1.29, 1.82) is 0 Å². The molecule has 0 fully saturated rings. The van der Waals surface area contributed by atoms with E-state index in [4.69, 9.17) is 11.6 Å². The lowest BCUT2D eigenvalue weighted by atomic mass is 10.1. The van der Waals surface area contributed by atoms with Crippen molar-refractivity contribution >= 4 is 38.9 Å². The van der Waals surface area contributed by atoms with Crippen LogP contribution in [0.3, 0.4) is 0 Å². The van der Waals surface area contributed by atoms with Crippen LogP contribution < -0.4 is 9.62 Å². The van der Waals surface area contributed by atoms with Crippen LogP contribution in [0.25, 0.3) is 0 Å². The number of hydrogen-bond donors (Lipinski definition) is 1. The van der Waals surface area contributed by atoms with Gasteiger partial charge in [0.15, 0.2) is 0 Å². The SMILES string of the molecule is Cc1ccc(S(=O)(=O)N(CC(=O)Nc2cc(C)cc(C)c2)c2ccc(Cl)c(C(F)(F)F)c2)cc1. The van der Waals surface area contributed by atoms with Gasteiger partial charge in [0.2, 0.25) is 5.91 Å². The van der Waals surface area contributed by atoms with Crippen molar-refractivity contribution in [3.63, 3.8) is 0 Å². The van der Waals surface area contributed by atoms with Crippen LogP contribution in [0.4, 0.5) is 24.5 Å². The molecule has 5 nitrogen and oxygen atoms in total. The van der Waals surface area contributed by atoms with Gasteiger partial charge in [0.05, 0.1) is 21.2 Å². The molecule has 0 aromatic heterocycles. The Kier molecular flexibility index (Phi) is 7.28. The number of halogens is 4. The third kappa shape index (κ3) is 5.90. The molecule has 0 heterocycles. The van der Waals surface area contributed by atoms with Crippen LogP contribution in [0.1, 0.15) is 22.3 Å². The molecule has 3 aromatic carbocycles. The number of anilines is 2. The molecule has 10 heteroatoms. The van der Waals surface area contributed by atoms with Gasteiger partial charge in [-0.15, -0.1) is 0 Å². The summed E-state index contributed by atoms with van der Waals surface area (Å²) in [5.41, 5.74) is 1.46. The van der Waals surface area contributed by atoms with E-state index >= 15 is 0 Å². The predicted molar refractivity (Wildman–Crippen MR) is 127 cm³/mol. The van der Waals surface area contributed by atoms with Crippen molar-refractivity contribution in [3.8, 4) is 0 Å². The number of carbonyl (C=O) groups is 1. The number of rotatable bonds is 6. The second-order valence-electron chi connectivity index (χ2n) is 7.91. The second kappa shape index (κ2) is 9.68. The fourth-order valence-corrected chi connectivity index (χ4v) is 5.05. The molecule has 1 amide bonds. The zero-order valence-corrected chi connectivity index (χ0v) is 20.1. The molecule has 0 aliphatic heterocycles. The van der Waals surface area contributed by atoms with Crippen LogP contribution in [-0.2, 0) is 21.0 Å². The number of benzene rings is 3. The third-order valence-electron chi connectivity index (χ3n) is 4.94. The van der Waals surface area contributed by atoms with Crippen molar-refractivity contribution in [1.82, 2.24) is 0 Å². The van der Waals surface area contributed by atoms with Crippen LogP contribution in [0, 0.1) is 20.8 Å². The van der Waals surface area contributed by atoms with Gasteiger partial charge in [-0.2, -0.15) is 13.2 Å². The van der Waals surface area contributed by atoms with E-state index in [0.717, 1.165) is 28.8 Å². The summed E-state index contributed by atoms with van der Waals surface area (Å²) in [5.74, 6) is -0.718. The van der Waals surface area contributed by atoms with Gasteiger partial charge >= 0.3 is 6.18 Å². The summed E-state index contributed by atoms with van der Waals surface area (Å²) in [6, 6.07) is 13.8. The summed E-state index contributed by atoms with van der Waals surface area (Å²) in [7, 11) is -4.39. The predicted octanol–water partition coefficient (Wildman–Crippen LogP) is 6.12. The quantitative estimate of drug-likeness (QED) is 0.434. The normalized spacial score (nSPS) is 11.9. The molecule has 3 rings (SSSR count). The Balaban J connectivity index is 2.05.